The van der Waals surface area contributed by atoms with E-state index in [9.17, 15) is 14.4 Å². The minimum absolute atomic E-state index is 0.0722. The average Bonchev–Trinajstić information content (AvgIpc) is 3.38. The summed E-state index contributed by atoms with van der Waals surface area (Å²) in [5.41, 5.74) is 0.615. The summed E-state index contributed by atoms with van der Waals surface area (Å²) in [6, 6.07) is 5.36. The Morgan fingerprint density at radius 2 is 1.69 bits per heavy atom. The predicted molar refractivity (Wildman–Crippen MR) is 104 cm³/mol. The maximum absolute atomic E-state index is 12.5. The molecular formula is C22H24N2O5. The van der Waals surface area contributed by atoms with Crippen LogP contribution in [0.4, 0.5) is 5.69 Å². The molecule has 3 amide bonds. The second-order valence-electron chi connectivity index (χ2n) is 8.27. The van der Waals surface area contributed by atoms with Gasteiger partial charge in [0.1, 0.15) is 0 Å². The Kier molecular flexibility index (Phi) is 4.33. The van der Waals surface area contributed by atoms with Crippen molar-refractivity contribution in [2.75, 3.05) is 11.9 Å². The van der Waals surface area contributed by atoms with E-state index in [2.05, 4.69) is 5.32 Å². The Balaban J connectivity index is 1.18. The first-order valence-electron chi connectivity index (χ1n) is 10.4. The summed E-state index contributed by atoms with van der Waals surface area (Å²) in [6.07, 6.45) is 9.12. The van der Waals surface area contributed by atoms with Gasteiger partial charge in [-0.25, -0.2) is 0 Å². The molecule has 0 radical (unpaired) electrons. The lowest BCUT2D eigenvalue weighted by Gasteiger charge is -2.21. The molecule has 1 aromatic rings. The zero-order valence-corrected chi connectivity index (χ0v) is 16.2. The quantitative estimate of drug-likeness (QED) is 0.625. The molecule has 2 aliphatic carbocycles. The van der Waals surface area contributed by atoms with Gasteiger partial charge in [0.15, 0.2) is 11.5 Å². The van der Waals surface area contributed by atoms with Crippen molar-refractivity contribution in [1.82, 2.24) is 4.90 Å². The standard InChI is InChI=1S/C22H24N2O5/c25-19(9-12-24-20(26)15-5-1-2-6-16(15)21(24)27)23-14-7-8-17-18(13-14)29-22(28-17)10-3-4-11-22/h1-2,7-8,13,15-16H,3-6,9-12H2,(H,23,25)/t15-,16+. The van der Waals surface area contributed by atoms with Crippen LogP contribution in [0.5, 0.6) is 11.5 Å². The highest BCUT2D eigenvalue weighted by atomic mass is 16.7. The van der Waals surface area contributed by atoms with E-state index in [1.807, 2.05) is 18.2 Å². The maximum Gasteiger partial charge on any atom is 0.251 e. The molecule has 1 saturated heterocycles. The fraction of sp³-hybridized carbons (Fsp3) is 0.500. The molecule has 2 heterocycles. The number of ether oxygens (including phenoxy) is 2. The molecule has 7 nitrogen and oxygen atoms in total. The third-order valence-electron chi connectivity index (χ3n) is 6.35. The summed E-state index contributed by atoms with van der Waals surface area (Å²) in [5.74, 6) is -0.245. The fourth-order valence-electron chi connectivity index (χ4n) is 4.82. The smallest absolute Gasteiger partial charge is 0.251 e. The van der Waals surface area contributed by atoms with E-state index in [1.165, 1.54) is 4.90 Å². The summed E-state index contributed by atoms with van der Waals surface area (Å²) in [6.45, 7) is 0.115. The monoisotopic (exact) mass is 396 g/mol. The minimum atomic E-state index is -0.535. The zero-order valence-electron chi connectivity index (χ0n) is 16.2. The Morgan fingerprint density at radius 3 is 2.38 bits per heavy atom. The maximum atomic E-state index is 12.5. The highest BCUT2D eigenvalue weighted by Crippen LogP contribution is 2.47. The van der Waals surface area contributed by atoms with Crippen LogP contribution in [0.25, 0.3) is 0 Å². The van der Waals surface area contributed by atoms with Gasteiger partial charge < -0.3 is 14.8 Å². The van der Waals surface area contributed by atoms with Crippen molar-refractivity contribution < 1.29 is 23.9 Å². The second kappa shape index (κ2) is 6.90. The molecule has 0 aromatic heterocycles. The van der Waals surface area contributed by atoms with Crippen LogP contribution in [0.2, 0.25) is 0 Å². The van der Waals surface area contributed by atoms with Crippen LogP contribution in [0.1, 0.15) is 44.9 Å². The summed E-state index contributed by atoms with van der Waals surface area (Å²) < 4.78 is 12.0. The van der Waals surface area contributed by atoms with Gasteiger partial charge >= 0.3 is 0 Å². The van der Waals surface area contributed by atoms with Crippen LogP contribution in [0.15, 0.2) is 30.4 Å². The Labute approximate surface area is 169 Å². The molecule has 1 N–H and O–H groups in total. The molecule has 29 heavy (non-hydrogen) atoms. The molecule has 1 aromatic carbocycles. The number of allylic oxidation sites excluding steroid dienone is 2. The molecule has 1 saturated carbocycles. The number of anilines is 1. The number of hydrogen-bond donors (Lipinski definition) is 1. The Morgan fingerprint density at radius 1 is 1.03 bits per heavy atom. The average molecular weight is 396 g/mol. The van der Waals surface area contributed by atoms with Crippen molar-refractivity contribution in [2.24, 2.45) is 11.8 Å². The van der Waals surface area contributed by atoms with E-state index in [4.69, 9.17) is 9.47 Å². The second-order valence-corrected chi connectivity index (χ2v) is 8.27. The predicted octanol–water partition coefficient (Wildman–Crippen LogP) is 3.01. The number of nitrogens with one attached hydrogen (secondary N) is 1. The molecule has 0 bridgehead atoms. The topological polar surface area (TPSA) is 84.9 Å². The molecular weight excluding hydrogens is 372 g/mol. The highest BCUT2D eigenvalue weighted by molar-refractivity contribution is 6.05. The third-order valence-corrected chi connectivity index (χ3v) is 6.35. The first-order chi connectivity index (χ1) is 14.0. The van der Waals surface area contributed by atoms with E-state index in [-0.39, 0.29) is 42.5 Å². The summed E-state index contributed by atoms with van der Waals surface area (Å²) >= 11 is 0. The van der Waals surface area contributed by atoms with Gasteiger partial charge in [-0.15, -0.1) is 0 Å². The number of imide groups is 1. The van der Waals surface area contributed by atoms with Gasteiger partial charge in [0.05, 0.1) is 11.8 Å². The number of fused-ring (bicyclic) bond motifs is 2. The van der Waals surface area contributed by atoms with E-state index >= 15 is 0 Å². The fourth-order valence-corrected chi connectivity index (χ4v) is 4.82. The van der Waals surface area contributed by atoms with Crippen molar-refractivity contribution >= 4 is 23.4 Å². The van der Waals surface area contributed by atoms with Gasteiger partial charge in [-0.05, 0) is 37.8 Å². The van der Waals surface area contributed by atoms with Gasteiger partial charge in [0.2, 0.25) is 17.7 Å². The van der Waals surface area contributed by atoms with Crippen LogP contribution >= 0.6 is 0 Å². The summed E-state index contributed by atoms with van der Waals surface area (Å²) in [4.78, 5) is 38.6. The number of amides is 3. The molecule has 1 spiro atoms. The lowest BCUT2D eigenvalue weighted by molar-refractivity contribution is -0.140. The van der Waals surface area contributed by atoms with Gasteiger partial charge in [-0.3, -0.25) is 19.3 Å². The SMILES string of the molecule is O=C(CCN1C(=O)[C@H]2CC=CC[C@H]2C1=O)Nc1ccc2c(c1)OC1(CCCC1)O2. The van der Waals surface area contributed by atoms with E-state index in [1.54, 1.807) is 12.1 Å². The van der Waals surface area contributed by atoms with Crippen molar-refractivity contribution in [3.05, 3.63) is 30.4 Å². The number of carbonyl (C=O) groups is 3. The Bertz CT molecular complexity index is 876. The third kappa shape index (κ3) is 3.18. The molecule has 7 heteroatoms. The Hall–Kier alpha value is -2.83. The van der Waals surface area contributed by atoms with Crippen LogP contribution in [-0.2, 0) is 14.4 Å². The van der Waals surface area contributed by atoms with Crippen LogP contribution in [-0.4, -0.2) is 35.0 Å². The number of benzene rings is 1. The van der Waals surface area contributed by atoms with E-state index < -0.39 is 5.79 Å². The van der Waals surface area contributed by atoms with Gasteiger partial charge in [-0.2, -0.15) is 0 Å². The number of hydrogen-bond acceptors (Lipinski definition) is 5. The van der Waals surface area contributed by atoms with Crippen molar-refractivity contribution in [3.8, 4) is 11.5 Å². The number of carbonyl (C=O) groups excluding carboxylic acids is 3. The number of nitrogens with zero attached hydrogens (tertiary/aromatic N) is 1. The summed E-state index contributed by atoms with van der Waals surface area (Å²) in [5, 5.41) is 2.83. The lowest BCUT2D eigenvalue weighted by atomic mass is 9.85. The summed E-state index contributed by atoms with van der Waals surface area (Å²) in [7, 11) is 0. The van der Waals surface area contributed by atoms with Crippen molar-refractivity contribution in [3.63, 3.8) is 0 Å². The lowest BCUT2D eigenvalue weighted by Crippen LogP contribution is -2.34. The van der Waals surface area contributed by atoms with Crippen molar-refractivity contribution in [1.29, 1.82) is 0 Å². The number of likely N-dealkylation sites (tertiary alicyclic amines) is 1. The molecule has 4 aliphatic rings. The van der Waals surface area contributed by atoms with Gasteiger partial charge in [0.25, 0.3) is 5.79 Å². The first kappa shape index (κ1) is 18.2. The van der Waals surface area contributed by atoms with Crippen LogP contribution in [0, 0.1) is 11.8 Å². The van der Waals surface area contributed by atoms with Gasteiger partial charge in [0, 0.05) is 37.6 Å². The molecule has 0 unspecified atom stereocenters. The van der Waals surface area contributed by atoms with Crippen LogP contribution < -0.4 is 14.8 Å². The van der Waals surface area contributed by atoms with Crippen molar-refractivity contribution in [2.45, 2.75) is 50.7 Å². The van der Waals surface area contributed by atoms with Crippen LogP contribution in [0.3, 0.4) is 0 Å². The van der Waals surface area contributed by atoms with Gasteiger partial charge in [-0.1, -0.05) is 12.2 Å². The minimum Gasteiger partial charge on any atom is -0.448 e. The van der Waals surface area contributed by atoms with E-state index in [0.717, 1.165) is 25.7 Å². The largest absolute Gasteiger partial charge is 0.448 e. The molecule has 2 atom stereocenters. The molecule has 5 rings (SSSR count). The molecule has 2 aliphatic heterocycles. The number of rotatable bonds is 4. The highest BCUT2D eigenvalue weighted by Gasteiger charge is 2.47. The zero-order chi connectivity index (χ0) is 20.0. The molecule has 152 valence electrons. The first-order valence-corrected chi connectivity index (χ1v) is 10.4. The normalized spacial score (nSPS) is 26.3. The van der Waals surface area contributed by atoms with E-state index in [0.29, 0.717) is 30.0 Å². The molecule has 2 fully saturated rings.